The van der Waals surface area contributed by atoms with Gasteiger partial charge in [-0.05, 0) is 44.2 Å². The van der Waals surface area contributed by atoms with Crippen LogP contribution < -0.4 is 10.6 Å². The van der Waals surface area contributed by atoms with Gasteiger partial charge < -0.3 is 20.4 Å². The van der Waals surface area contributed by atoms with E-state index in [0.29, 0.717) is 16.8 Å². The molecule has 2 N–H and O–H groups in total. The Morgan fingerprint density at radius 1 is 1.08 bits per heavy atom. The number of carbonyl (C=O) groups excluding carboxylic acids is 1. The molecule has 5 rings (SSSR count). The summed E-state index contributed by atoms with van der Waals surface area (Å²) in [5.41, 5.74) is 3.22. The van der Waals surface area contributed by atoms with E-state index >= 15 is 0 Å². The molecule has 2 aliphatic heterocycles. The summed E-state index contributed by atoms with van der Waals surface area (Å²) in [6.45, 7) is 7.06. The molecule has 0 radical (unpaired) electrons. The van der Waals surface area contributed by atoms with Gasteiger partial charge >= 0.3 is 6.18 Å². The van der Waals surface area contributed by atoms with Crippen molar-refractivity contribution in [1.29, 1.82) is 0 Å². The summed E-state index contributed by atoms with van der Waals surface area (Å²) in [6, 6.07) is 5.30. The predicted molar refractivity (Wildman–Crippen MR) is 135 cm³/mol. The Morgan fingerprint density at radius 2 is 1.86 bits per heavy atom. The minimum absolute atomic E-state index is 0.0337. The fraction of sp³-hybridized carbons (Fsp3) is 0.385. The lowest BCUT2D eigenvalue weighted by atomic mass is 10.0. The maximum Gasteiger partial charge on any atom is 0.416 e. The van der Waals surface area contributed by atoms with Gasteiger partial charge in [-0.1, -0.05) is 6.07 Å². The first-order chi connectivity index (χ1) is 17.7. The summed E-state index contributed by atoms with van der Waals surface area (Å²) in [5.74, 6) is -0.142. The molecule has 1 fully saturated rings. The lowest BCUT2D eigenvalue weighted by Gasteiger charge is -2.32. The molecule has 4 heterocycles. The van der Waals surface area contributed by atoms with E-state index in [1.165, 1.54) is 12.3 Å². The number of carbonyl (C=O) groups is 1. The number of pyridine rings is 1. The van der Waals surface area contributed by atoms with Crippen LogP contribution in [0.2, 0.25) is 0 Å². The van der Waals surface area contributed by atoms with Gasteiger partial charge in [-0.2, -0.15) is 13.2 Å². The highest BCUT2D eigenvalue weighted by molar-refractivity contribution is 6.00. The summed E-state index contributed by atoms with van der Waals surface area (Å²) in [7, 11) is 2.14. The summed E-state index contributed by atoms with van der Waals surface area (Å²) in [5, 5.41) is 5.78. The second kappa shape index (κ2) is 10.1. The Hall–Kier alpha value is -3.57. The molecule has 0 spiro atoms. The van der Waals surface area contributed by atoms with Gasteiger partial charge in [-0.3, -0.25) is 9.78 Å². The molecule has 1 amide bonds. The number of aromatic nitrogens is 3. The molecule has 2 aromatic heterocycles. The monoisotopic (exact) mass is 511 g/mol. The number of halogens is 3. The minimum atomic E-state index is -4.52. The van der Waals surface area contributed by atoms with Crippen LogP contribution in [-0.4, -0.2) is 70.4 Å². The topological polar surface area (TPSA) is 86.3 Å². The first-order valence-corrected chi connectivity index (χ1v) is 12.2. The first kappa shape index (κ1) is 25.1. The molecule has 37 heavy (non-hydrogen) atoms. The van der Waals surface area contributed by atoms with Gasteiger partial charge in [0.1, 0.15) is 0 Å². The van der Waals surface area contributed by atoms with Crippen molar-refractivity contribution in [3.8, 4) is 11.3 Å². The Labute approximate surface area is 212 Å². The van der Waals surface area contributed by atoms with E-state index in [2.05, 4.69) is 42.4 Å². The van der Waals surface area contributed by atoms with E-state index in [0.717, 1.165) is 68.2 Å². The molecule has 0 bridgehead atoms. The van der Waals surface area contributed by atoms with Gasteiger partial charge in [-0.25, -0.2) is 9.97 Å². The van der Waals surface area contributed by atoms with Crippen molar-refractivity contribution in [3.05, 3.63) is 59.0 Å². The maximum atomic E-state index is 13.2. The number of alkyl halides is 3. The van der Waals surface area contributed by atoms with E-state index in [1.54, 1.807) is 0 Å². The van der Waals surface area contributed by atoms with E-state index in [1.807, 2.05) is 19.2 Å². The van der Waals surface area contributed by atoms with Crippen LogP contribution in [-0.2, 0) is 23.8 Å². The van der Waals surface area contributed by atoms with Crippen LogP contribution in [0, 0.1) is 6.92 Å². The largest absolute Gasteiger partial charge is 0.416 e. The van der Waals surface area contributed by atoms with E-state index in [-0.39, 0.29) is 18.1 Å². The molecule has 1 saturated heterocycles. The second-order valence-electron chi connectivity index (χ2n) is 9.55. The number of likely N-dealkylation sites (N-methyl/N-ethyl adjacent to an activating group) is 1. The molecule has 1 aromatic carbocycles. The highest BCUT2D eigenvalue weighted by Gasteiger charge is 2.32. The Balaban J connectivity index is 1.38. The molecule has 11 heteroatoms. The first-order valence-electron chi connectivity index (χ1n) is 12.2. The van der Waals surface area contributed by atoms with Crippen molar-refractivity contribution in [3.63, 3.8) is 0 Å². The normalized spacial score (nSPS) is 16.5. The third kappa shape index (κ3) is 5.72. The zero-order chi connectivity index (χ0) is 26.2. The highest BCUT2D eigenvalue weighted by atomic mass is 19.4. The molecule has 3 aromatic rings. The van der Waals surface area contributed by atoms with Gasteiger partial charge in [0.2, 0.25) is 11.9 Å². The van der Waals surface area contributed by atoms with Crippen molar-refractivity contribution in [2.24, 2.45) is 0 Å². The van der Waals surface area contributed by atoms with E-state index in [9.17, 15) is 18.0 Å². The average Bonchev–Trinajstić information content (AvgIpc) is 2.99. The number of hydrogen-bond donors (Lipinski definition) is 2. The molecule has 8 nitrogen and oxygen atoms in total. The number of amides is 1. The zero-order valence-electron chi connectivity index (χ0n) is 20.7. The number of fused-ring (bicyclic) bond motifs is 3. The lowest BCUT2D eigenvalue weighted by Crippen LogP contribution is -2.45. The molecule has 0 atom stereocenters. The number of rotatable bonds is 5. The predicted octanol–water partition coefficient (Wildman–Crippen LogP) is 3.89. The standard InChI is InChI=1S/C26H28F3N7O/c1-16-21(11-17(14-30-16)5-6-36-9-7-35(2)8-10-36)33-25-31-15-18-12-23(37)32-22-13-19(26(27,28)29)3-4-20(22)24(18)34-25/h3-4,11,13-15H,5-10,12H2,1-2H3,(H,32,37)(H,31,33,34). The van der Waals surface area contributed by atoms with E-state index < -0.39 is 17.6 Å². The summed E-state index contributed by atoms with van der Waals surface area (Å²) >= 11 is 0. The fourth-order valence-electron chi connectivity index (χ4n) is 4.55. The molecule has 2 aliphatic rings. The van der Waals surface area contributed by atoms with Crippen molar-refractivity contribution < 1.29 is 18.0 Å². The van der Waals surface area contributed by atoms with Crippen LogP contribution in [0.15, 0.2) is 36.7 Å². The van der Waals surface area contributed by atoms with Crippen LogP contribution in [0.5, 0.6) is 0 Å². The van der Waals surface area contributed by atoms with Crippen LogP contribution in [0.3, 0.4) is 0 Å². The summed E-state index contributed by atoms with van der Waals surface area (Å²) in [6.07, 6.45) is -0.280. The van der Waals surface area contributed by atoms with Gasteiger partial charge in [-0.15, -0.1) is 0 Å². The number of piperazine rings is 1. The second-order valence-corrected chi connectivity index (χ2v) is 9.55. The fourth-order valence-corrected chi connectivity index (χ4v) is 4.55. The van der Waals surface area contributed by atoms with Gasteiger partial charge in [0, 0.05) is 56.2 Å². The Kier molecular flexibility index (Phi) is 6.82. The zero-order valence-corrected chi connectivity index (χ0v) is 20.7. The van der Waals surface area contributed by atoms with Gasteiger partial charge in [0.15, 0.2) is 0 Å². The average molecular weight is 512 g/mol. The van der Waals surface area contributed by atoms with Gasteiger partial charge in [0.05, 0.1) is 34.7 Å². The van der Waals surface area contributed by atoms with Crippen molar-refractivity contribution >= 4 is 23.2 Å². The molecule has 0 aliphatic carbocycles. The molecule has 0 unspecified atom stereocenters. The number of benzene rings is 1. The number of nitrogens with zero attached hydrogens (tertiary/aromatic N) is 5. The number of aryl methyl sites for hydroxylation is 1. The summed E-state index contributed by atoms with van der Waals surface area (Å²) < 4.78 is 39.7. The van der Waals surface area contributed by atoms with Crippen LogP contribution in [0.4, 0.5) is 30.5 Å². The lowest BCUT2D eigenvalue weighted by molar-refractivity contribution is -0.137. The maximum absolute atomic E-state index is 13.2. The highest BCUT2D eigenvalue weighted by Crippen LogP contribution is 2.38. The van der Waals surface area contributed by atoms with Crippen molar-refractivity contribution in [2.45, 2.75) is 25.9 Å². The summed E-state index contributed by atoms with van der Waals surface area (Å²) in [4.78, 5) is 30.6. The van der Waals surface area contributed by atoms with Crippen molar-refractivity contribution in [2.75, 3.05) is 50.4 Å². The third-order valence-electron chi connectivity index (χ3n) is 6.79. The SMILES string of the molecule is Cc1ncc(CCN2CCN(C)CC2)cc1Nc1ncc2c(n1)-c1ccc(C(F)(F)F)cc1NC(=O)C2. The molecular weight excluding hydrogens is 483 g/mol. The molecule has 194 valence electrons. The number of anilines is 3. The number of hydrogen-bond acceptors (Lipinski definition) is 7. The molecule has 0 saturated carbocycles. The van der Waals surface area contributed by atoms with Crippen LogP contribution >= 0.6 is 0 Å². The van der Waals surface area contributed by atoms with Gasteiger partial charge in [0.25, 0.3) is 0 Å². The third-order valence-corrected chi connectivity index (χ3v) is 6.79. The van der Waals surface area contributed by atoms with E-state index in [4.69, 9.17) is 0 Å². The Bertz CT molecular complexity index is 1320. The minimum Gasteiger partial charge on any atom is -0.325 e. The molecular formula is C26H28F3N7O. The number of nitrogens with one attached hydrogen (secondary N) is 2. The van der Waals surface area contributed by atoms with Crippen molar-refractivity contribution in [1.82, 2.24) is 24.8 Å². The smallest absolute Gasteiger partial charge is 0.325 e. The van der Waals surface area contributed by atoms with Crippen LogP contribution in [0.1, 0.15) is 22.4 Å². The van der Waals surface area contributed by atoms with Crippen LogP contribution in [0.25, 0.3) is 11.3 Å². The Morgan fingerprint density at radius 3 is 2.62 bits per heavy atom. The quantitative estimate of drug-likeness (QED) is 0.538.